The van der Waals surface area contributed by atoms with Crippen LogP contribution in [-0.2, 0) is 0 Å². The van der Waals surface area contributed by atoms with Crippen LogP contribution >= 0.6 is 11.8 Å². The molecular weight excluding hydrogens is 288 g/mol. The summed E-state index contributed by atoms with van der Waals surface area (Å²) in [7, 11) is 0. The van der Waals surface area contributed by atoms with E-state index >= 15 is 0 Å². The summed E-state index contributed by atoms with van der Waals surface area (Å²) in [6, 6.07) is 11.6. The maximum atomic E-state index is 13.5. The van der Waals surface area contributed by atoms with Crippen molar-refractivity contribution in [1.29, 1.82) is 0 Å². The molecule has 0 aliphatic heterocycles. The molecule has 0 amide bonds. The van der Waals surface area contributed by atoms with E-state index in [0.29, 0.717) is 16.6 Å². The molecule has 0 aliphatic carbocycles. The third-order valence-corrected chi connectivity index (χ3v) is 4.51. The van der Waals surface area contributed by atoms with Gasteiger partial charge < -0.3 is 5.73 Å². The summed E-state index contributed by atoms with van der Waals surface area (Å²) >= 11 is 1.30. The lowest BCUT2D eigenvalue weighted by molar-refractivity contribution is 0.565. The average molecular weight is 307 g/mol. The number of nitrogens with two attached hydrogens (primary N) is 1. The molecule has 0 spiro atoms. The summed E-state index contributed by atoms with van der Waals surface area (Å²) in [5, 5.41) is 0. The molecule has 0 radical (unpaired) electrons. The Labute approximate surface area is 128 Å². The van der Waals surface area contributed by atoms with Crippen LogP contribution in [0.25, 0.3) is 0 Å². The molecule has 1 unspecified atom stereocenters. The fourth-order valence-corrected chi connectivity index (χ4v) is 2.91. The van der Waals surface area contributed by atoms with Crippen molar-refractivity contribution >= 4 is 11.8 Å². The van der Waals surface area contributed by atoms with Crippen LogP contribution in [0, 0.1) is 11.6 Å². The van der Waals surface area contributed by atoms with Gasteiger partial charge in [-0.2, -0.15) is 0 Å². The van der Waals surface area contributed by atoms with Gasteiger partial charge in [0.1, 0.15) is 11.6 Å². The first-order valence-corrected chi connectivity index (χ1v) is 7.89. The standard InChI is InChI=1S/C17H19F2NS/c1-11(2)12-3-5-13(6-4-12)16(20)10-21-17-8-7-14(18)9-15(17)19/h3-9,11,16H,10,20H2,1-2H3. The van der Waals surface area contributed by atoms with Crippen LogP contribution in [0.15, 0.2) is 47.4 Å². The molecule has 0 bridgehead atoms. The van der Waals surface area contributed by atoms with Gasteiger partial charge in [0.2, 0.25) is 0 Å². The van der Waals surface area contributed by atoms with Gasteiger partial charge in [0.05, 0.1) is 0 Å². The first kappa shape index (κ1) is 16.0. The van der Waals surface area contributed by atoms with Crippen molar-refractivity contribution in [2.24, 2.45) is 5.73 Å². The SMILES string of the molecule is CC(C)c1ccc(C(N)CSc2ccc(F)cc2F)cc1. The monoisotopic (exact) mass is 307 g/mol. The Morgan fingerprint density at radius 3 is 2.19 bits per heavy atom. The zero-order valence-electron chi connectivity index (χ0n) is 12.1. The molecular formula is C17H19F2NS. The van der Waals surface area contributed by atoms with E-state index in [1.54, 1.807) is 0 Å². The average Bonchev–Trinajstić information content (AvgIpc) is 2.46. The van der Waals surface area contributed by atoms with Crippen molar-refractivity contribution in [1.82, 2.24) is 0 Å². The molecule has 0 saturated heterocycles. The van der Waals surface area contributed by atoms with E-state index < -0.39 is 11.6 Å². The quantitative estimate of drug-likeness (QED) is 0.797. The molecule has 2 aromatic carbocycles. The summed E-state index contributed by atoms with van der Waals surface area (Å²) in [4.78, 5) is 0.422. The van der Waals surface area contributed by atoms with E-state index in [2.05, 4.69) is 26.0 Å². The van der Waals surface area contributed by atoms with Gasteiger partial charge in [0.25, 0.3) is 0 Å². The molecule has 2 rings (SSSR count). The lowest BCUT2D eigenvalue weighted by Gasteiger charge is -2.13. The van der Waals surface area contributed by atoms with Crippen LogP contribution in [-0.4, -0.2) is 5.75 Å². The number of hydrogen-bond donors (Lipinski definition) is 1. The molecule has 112 valence electrons. The Morgan fingerprint density at radius 2 is 1.62 bits per heavy atom. The molecule has 1 nitrogen and oxygen atoms in total. The summed E-state index contributed by atoms with van der Waals surface area (Å²) in [5.74, 6) is -0.0745. The second kappa shape index (κ2) is 7.05. The van der Waals surface area contributed by atoms with E-state index in [0.717, 1.165) is 11.6 Å². The Morgan fingerprint density at radius 1 is 1.00 bits per heavy atom. The third kappa shape index (κ3) is 4.29. The summed E-state index contributed by atoms with van der Waals surface area (Å²) < 4.78 is 26.4. The van der Waals surface area contributed by atoms with Crippen LogP contribution in [0.1, 0.15) is 36.9 Å². The van der Waals surface area contributed by atoms with Crippen molar-refractivity contribution in [2.75, 3.05) is 5.75 Å². The minimum atomic E-state index is -0.564. The largest absolute Gasteiger partial charge is 0.323 e. The number of benzene rings is 2. The highest BCUT2D eigenvalue weighted by Gasteiger charge is 2.10. The first-order chi connectivity index (χ1) is 9.97. The minimum Gasteiger partial charge on any atom is -0.323 e. The molecule has 2 aromatic rings. The summed E-state index contributed by atoms with van der Waals surface area (Å²) in [6.45, 7) is 4.28. The molecule has 0 fully saturated rings. The van der Waals surface area contributed by atoms with Gasteiger partial charge in [-0.05, 0) is 29.2 Å². The second-order valence-corrected chi connectivity index (χ2v) is 6.38. The summed E-state index contributed by atoms with van der Waals surface area (Å²) in [5.41, 5.74) is 8.42. The van der Waals surface area contributed by atoms with E-state index in [1.807, 2.05) is 12.1 Å². The number of hydrogen-bond acceptors (Lipinski definition) is 2. The molecule has 0 saturated carbocycles. The Balaban J connectivity index is 1.99. The maximum absolute atomic E-state index is 13.5. The van der Waals surface area contributed by atoms with Crippen LogP contribution < -0.4 is 5.73 Å². The van der Waals surface area contributed by atoms with Crippen molar-refractivity contribution < 1.29 is 8.78 Å². The van der Waals surface area contributed by atoms with E-state index in [4.69, 9.17) is 5.73 Å². The third-order valence-electron chi connectivity index (χ3n) is 3.34. The molecule has 1 atom stereocenters. The van der Waals surface area contributed by atoms with Crippen molar-refractivity contribution in [3.63, 3.8) is 0 Å². The zero-order chi connectivity index (χ0) is 15.4. The Hall–Kier alpha value is -1.39. The topological polar surface area (TPSA) is 26.0 Å². The normalized spacial score (nSPS) is 12.7. The lowest BCUT2D eigenvalue weighted by atomic mass is 10.00. The van der Waals surface area contributed by atoms with Crippen molar-refractivity contribution in [3.8, 4) is 0 Å². The molecule has 0 aliphatic rings. The Kier molecular flexibility index (Phi) is 5.37. The highest BCUT2D eigenvalue weighted by Crippen LogP contribution is 2.27. The van der Waals surface area contributed by atoms with E-state index in [9.17, 15) is 8.78 Å². The fourth-order valence-electron chi connectivity index (χ4n) is 2.00. The molecule has 2 N–H and O–H groups in total. The smallest absolute Gasteiger partial charge is 0.139 e. The highest BCUT2D eigenvalue weighted by atomic mass is 32.2. The van der Waals surface area contributed by atoms with Gasteiger partial charge in [0, 0.05) is 22.8 Å². The Bertz CT molecular complexity index is 596. The van der Waals surface area contributed by atoms with Gasteiger partial charge in [-0.15, -0.1) is 11.8 Å². The fraction of sp³-hybridized carbons (Fsp3) is 0.294. The molecule has 4 heteroatoms. The van der Waals surface area contributed by atoms with Gasteiger partial charge >= 0.3 is 0 Å². The summed E-state index contributed by atoms with van der Waals surface area (Å²) in [6.07, 6.45) is 0. The zero-order valence-corrected chi connectivity index (χ0v) is 13.0. The van der Waals surface area contributed by atoms with E-state index in [-0.39, 0.29) is 6.04 Å². The first-order valence-electron chi connectivity index (χ1n) is 6.90. The molecule has 0 aromatic heterocycles. The second-order valence-electron chi connectivity index (χ2n) is 5.31. The van der Waals surface area contributed by atoms with Gasteiger partial charge in [0.15, 0.2) is 0 Å². The van der Waals surface area contributed by atoms with Gasteiger partial charge in [-0.1, -0.05) is 38.1 Å². The van der Waals surface area contributed by atoms with Crippen LogP contribution in [0.2, 0.25) is 0 Å². The lowest BCUT2D eigenvalue weighted by Crippen LogP contribution is -2.13. The van der Waals surface area contributed by atoms with Crippen LogP contribution in [0.5, 0.6) is 0 Å². The van der Waals surface area contributed by atoms with Gasteiger partial charge in [-0.25, -0.2) is 8.78 Å². The number of halogens is 2. The predicted octanol–water partition coefficient (Wildman–Crippen LogP) is 4.88. The molecule has 21 heavy (non-hydrogen) atoms. The predicted molar refractivity (Wildman–Crippen MR) is 84.5 cm³/mol. The van der Waals surface area contributed by atoms with Crippen molar-refractivity contribution in [3.05, 3.63) is 65.2 Å². The van der Waals surface area contributed by atoms with E-state index in [1.165, 1.54) is 29.5 Å². The van der Waals surface area contributed by atoms with Gasteiger partial charge in [-0.3, -0.25) is 0 Å². The molecule has 0 heterocycles. The highest BCUT2D eigenvalue weighted by molar-refractivity contribution is 7.99. The van der Waals surface area contributed by atoms with Crippen LogP contribution in [0.3, 0.4) is 0 Å². The van der Waals surface area contributed by atoms with Crippen LogP contribution in [0.4, 0.5) is 8.78 Å². The number of thioether (sulfide) groups is 1. The number of rotatable bonds is 5. The maximum Gasteiger partial charge on any atom is 0.139 e. The van der Waals surface area contributed by atoms with Crippen molar-refractivity contribution in [2.45, 2.75) is 30.7 Å². The minimum absolute atomic E-state index is 0.180.